The Morgan fingerprint density at radius 3 is 2.54 bits per heavy atom. The summed E-state index contributed by atoms with van der Waals surface area (Å²) < 4.78 is 35.8. The molecule has 4 aliphatic rings. The smallest absolute Gasteiger partial charge is 0.312 e. The second kappa shape index (κ2) is 17.5. The minimum atomic E-state index is -4.60. The van der Waals surface area contributed by atoms with Crippen LogP contribution in [0.25, 0.3) is 11.0 Å². The molecule has 0 unspecified atom stereocenters. The molecule has 0 radical (unpaired) electrons. The zero-order chi connectivity index (χ0) is 43.9. The van der Waals surface area contributed by atoms with Gasteiger partial charge in [-0.3, -0.25) is 19.8 Å². The number of hydrogen-bond acceptors (Lipinski definition) is 12. The molecule has 2 saturated heterocycles. The summed E-state index contributed by atoms with van der Waals surface area (Å²) in [5.41, 5.74) is 10.3. The van der Waals surface area contributed by atoms with E-state index < -0.39 is 31.4 Å². The van der Waals surface area contributed by atoms with Crippen LogP contribution >= 0.6 is 0 Å². The van der Waals surface area contributed by atoms with E-state index in [-0.39, 0.29) is 29.1 Å². The van der Waals surface area contributed by atoms with E-state index >= 15 is 0 Å². The molecule has 1 atom stereocenters. The van der Waals surface area contributed by atoms with Crippen molar-refractivity contribution in [3.05, 3.63) is 106 Å². The molecule has 2 aromatic carbocycles. The second-order valence-electron chi connectivity index (χ2n) is 18.5. The molecular weight excluding hydrogens is 819 g/mol. The number of likely N-dealkylation sites (tertiary alicyclic amines) is 1. The Morgan fingerprint density at radius 1 is 1.00 bits per heavy atom. The van der Waals surface area contributed by atoms with Crippen LogP contribution in [0.5, 0.6) is 11.5 Å². The Labute approximate surface area is 368 Å². The van der Waals surface area contributed by atoms with Gasteiger partial charge < -0.3 is 25.7 Å². The first-order valence-electron chi connectivity index (χ1n) is 22.4. The lowest BCUT2D eigenvalue weighted by atomic mass is 9.59. The fourth-order valence-corrected chi connectivity index (χ4v) is 11.5. The number of anilines is 2. The third-order valence-electron chi connectivity index (χ3n) is 14.1. The van der Waals surface area contributed by atoms with Gasteiger partial charge in [-0.25, -0.2) is 23.1 Å². The molecule has 9 rings (SSSR count). The number of carbonyl (C=O) groups excluding carboxylic acids is 1. The predicted molar refractivity (Wildman–Crippen MR) is 243 cm³/mol. The minimum Gasteiger partial charge on any atom is -0.455 e. The number of aromatic amines is 1. The summed E-state index contributed by atoms with van der Waals surface area (Å²) in [5.74, 6) is 0.283. The van der Waals surface area contributed by atoms with Crippen molar-refractivity contribution in [2.45, 2.75) is 107 Å². The molecular formula is C47H57N9O6S. The number of pyridine rings is 2. The van der Waals surface area contributed by atoms with Crippen molar-refractivity contribution in [3.8, 4) is 11.5 Å². The topological polar surface area (TPSA) is 202 Å². The molecule has 2 aliphatic carbocycles. The van der Waals surface area contributed by atoms with Gasteiger partial charge in [-0.2, -0.15) is 0 Å². The fraction of sp³-hybridized carbons (Fsp3) is 0.468. The number of fused-ring (bicyclic) bond motifs is 1. The molecule has 4 fully saturated rings. The Balaban J connectivity index is 0.899. The quantitative estimate of drug-likeness (QED) is 0.0651. The van der Waals surface area contributed by atoms with E-state index in [1.165, 1.54) is 43.0 Å². The van der Waals surface area contributed by atoms with Gasteiger partial charge in [0, 0.05) is 67.2 Å². The molecule has 2 saturated carbocycles. The third kappa shape index (κ3) is 8.98. The zero-order valence-electron chi connectivity index (χ0n) is 36.0. The lowest BCUT2D eigenvalue weighted by Gasteiger charge is -2.56. The lowest BCUT2D eigenvalue weighted by molar-refractivity contribution is -0.384. The minimum absolute atomic E-state index is 0.0287. The van der Waals surface area contributed by atoms with Gasteiger partial charge in [0.2, 0.25) is 5.82 Å². The average molecular weight is 876 g/mol. The number of nitro groups is 1. The van der Waals surface area contributed by atoms with Gasteiger partial charge in [-0.15, -0.1) is 0 Å². The molecule has 63 heavy (non-hydrogen) atoms. The van der Waals surface area contributed by atoms with Crippen LogP contribution in [0.3, 0.4) is 0 Å². The third-order valence-corrected chi connectivity index (χ3v) is 15.4. The summed E-state index contributed by atoms with van der Waals surface area (Å²) >= 11 is 0. The summed E-state index contributed by atoms with van der Waals surface area (Å²) in [7, 11) is -4.60. The number of aromatic nitrogens is 3. The summed E-state index contributed by atoms with van der Waals surface area (Å²) in [6, 6.07) is 19.9. The van der Waals surface area contributed by atoms with Crippen LogP contribution in [0.2, 0.25) is 0 Å². The van der Waals surface area contributed by atoms with E-state index in [4.69, 9.17) is 10.5 Å². The van der Waals surface area contributed by atoms with Crippen molar-refractivity contribution in [2.24, 2.45) is 17.1 Å². The van der Waals surface area contributed by atoms with Crippen LogP contribution in [0.15, 0.2) is 84.1 Å². The van der Waals surface area contributed by atoms with Gasteiger partial charge in [0.05, 0.1) is 22.9 Å². The Hall–Kier alpha value is -5.58. The maximum atomic E-state index is 13.9. The summed E-state index contributed by atoms with van der Waals surface area (Å²) in [6.45, 7) is 7.85. The van der Waals surface area contributed by atoms with Crippen molar-refractivity contribution in [2.75, 3.05) is 36.4 Å². The van der Waals surface area contributed by atoms with E-state index in [1.807, 2.05) is 12.1 Å². The van der Waals surface area contributed by atoms with Crippen molar-refractivity contribution in [3.63, 3.8) is 0 Å². The van der Waals surface area contributed by atoms with Crippen molar-refractivity contribution in [1.82, 2.24) is 24.6 Å². The molecule has 1 spiro atoms. The van der Waals surface area contributed by atoms with Crippen LogP contribution in [-0.2, 0) is 10.0 Å². The molecule has 1 amide bonds. The van der Waals surface area contributed by atoms with Gasteiger partial charge in [0.25, 0.3) is 15.9 Å². The number of rotatable bonds is 13. The molecule has 15 nitrogen and oxygen atoms in total. The van der Waals surface area contributed by atoms with Crippen molar-refractivity contribution < 1.29 is 22.9 Å². The first-order chi connectivity index (χ1) is 30.3. The van der Waals surface area contributed by atoms with Crippen LogP contribution in [0.1, 0.15) is 112 Å². The number of carbonyl (C=O) groups is 1. The number of H-pyrrole nitrogens is 1. The van der Waals surface area contributed by atoms with Gasteiger partial charge in [-0.05, 0) is 123 Å². The number of amides is 1. The molecule has 332 valence electrons. The van der Waals surface area contributed by atoms with E-state index in [0.29, 0.717) is 41.4 Å². The van der Waals surface area contributed by atoms with Crippen LogP contribution in [-0.4, -0.2) is 77.4 Å². The maximum Gasteiger partial charge on any atom is 0.312 e. The van der Waals surface area contributed by atoms with E-state index in [1.54, 1.807) is 24.4 Å². The predicted octanol–water partition coefficient (Wildman–Crippen LogP) is 8.42. The summed E-state index contributed by atoms with van der Waals surface area (Å²) in [4.78, 5) is 41.5. The number of nitrogens with zero attached hydrogens (tertiary/aromatic N) is 5. The van der Waals surface area contributed by atoms with Gasteiger partial charge in [0.1, 0.15) is 22.0 Å². The molecule has 16 heteroatoms. The number of ether oxygens (including phenoxy) is 1. The number of benzene rings is 2. The molecule has 5 N–H and O–H groups in total. The lowest BCUT2D eigenvalue weighted by Crippen LogP contribution is -2.54. The highest BCUT2D eigenvalue weighted by Gasteiger charge is 2.50. The summed E-state index contributed by atoms with van der Waals surface area (Å²) in [6.07, 6.45) is 14.8. The standard InChI is InChI=1S/C47H57N9O6S/c1-30(2)38-6-3-4-7-39(38)41-8-5-19-55(41)35-25-47(26-35)16-20-54(21-17-47)34-13-14-40(43(23-34)62-36-22-32-15-18-49-44(32)51-28-36)46(57)53-63(60,61)37-24-42(56(58)59)45(52-29-37)50-27-31-9-11-33(48)12-10-31/h3-4,6-7,13-15,18,22-24,28-31,33,35,41H,5,8-12,16-17,19-21,25-27,48H2,1-2H3,(H,49,51)(H,50,52)(H,53,57)/t31?,33?,41-/m0/s1. The molecule has 5 aromatic rings. The highest BCUT2D eigenvalue weighted by molar-refractivity contribution is 7.90. The SMILES string of the molecule is CC(C)c1ccccc1[C@@H]1CCCN1C1CC2(CCN(c3ccc(C(=O)NS(=O)(=O)c4cnc(NCC5CCC(N)CC5)c([N+](=O)[O-])c4)c(Oc4cnc5[nH]ccc5c4)c3)CC2)C1. The molecule has 2 aliphatic heterocycles. The highest BCUT2D eigenvalue weighted by Crippen LogP contribution is 2.54. The monoisotopic (exact) mass is 875 g/mol. The van der Waals surface area contributed by atoms with Crippen LogP contribution in [0, 0.1) is 21.4 Å². The van der Waals surface area contributed by atoms with E-state index in [0.717, 1.165) is 81.5 Å². The Bertz CT molecular complexity index is 2590. The largest absolute Gasteiger partial charge is 0.455 e. The van der Waals surface area contributed by atoms with Gasteiger partial charge >= 0.3 is 5.69 Å². The van der Waals surface area contributed by atoms with Gasteiger partial charge in [-0.1, -0.05) is 38.1 Å². The van der Waals surface area contributed by atoms with Gasteiger partial charge in [0.15, 0.2) is 0 Å². The highest BCUT2D eigenvalue weighted by atomic mass is 32.2. The average Bonchev–Trinajstić information content (AvgIpc) is 3.95. The maximum absolute atomic E-state index is 13.9. The Kier molecular flexibility index (Phi) is 11.9. The number of piperidine rings is 1. The van der Waals surface area contributed by atoms with Crippen molar-refractivity contribution >= 4 is 44.2 Å². The first kappa shape index (κ1) is 42.7. The number of hydrogen-bond donors (Lipinski definition) is 4. The first-order valence-corrected chi connectivity index (χ1v) is 23.9. The van der Waals surface area contributed by atoms with Crippen LogP contribution in [0.4, 0.5) is 17.2 Å². The number of nitrogens with two attached hydrogens (primary N) is 1. The van der Waals surface area contributed by atoms with E-state index in [9.17, 15) is 23.3 Å². The van der Waals surface area contributed by atoms with Crippen molar-refractivity contribution in [1.29, 1.82) is 0 Å². The second-order valence-corrected chi connectivity index (χ2v) is 20.2. The van der Waals surface area contributed by atoms with E-state index in [2.05, 4.69) is 72.9 Å². The number of sulfonamides is 1. The normalized spacial score (nSPS) is 21.7. The Morgan fingerprint density at radius 2 is 1.78 bits per heavy atom. The number of nitrogens with one attached hydrogen (secondary N) is 3. The zero-order valence-corrected chi connectivity index (χ0v) is 36.8. The molecule has 0 bridgehead atoms. The molecule has 5 heterocycles. The molecule has 3 aromatic heterocycles. The fourth-order valence-electron chi connectivity index (χ4n) is 10.5. The summed E-state index contributed by atoms with van der Waals surface area (Å²) in [5, 5.41) is 15.9. The van der Waals surface area contributed by atoms with Crippen LogP contribution < -0.4 is 25.4 Å².